The second kappa shape index (κ2) is 6.79. The number of methoxy groups -OCH3 is 1. The Hall–Kier alpha value is -1.70. The van der Waals surface area contributed by atoms with E-state index in [-0.39, 0.29) is 26.1 Å². The van der Waals surface area contributed by atoms with Crippen molar-refractivity contribution >= 4 is 39.0 Å². The van der Waals surface area contributed by atoms with Gasteiger partial charge in [-0.25, -0.2) is 8.42 Å². The number of halogens is 2. The smallest absolute Gasteiger partial charge is 0.243 e. The molecule has 0 saturated heterocycles. The molecule has 5 nitrogen and oxygen atoms in total. The first-order valence-corrected chi connectivity index (χ1v) is 9.82. The minimum atomic E-state index is -4.03. The van der Waals surface area contributed by atoms with Gasteiger partial charge in [-0.2, -0.15) is 4.72 Å². The molecule has 0 heterocycles. The van der Waals surface area contributed by atoms with E-state index in [1.807, 2.05) is 6.92 Å². The molecule has 1 N–H and O–H groups in total. The Balaban J connectivity index is 2.19. The zero-order valence-corrected chi connectivity index (χ0v) is 16.2. The van der Waals surface area contributed by atoms with Crippen LogP contribution in [0.25, 0.3) is 0 Å². The first-order valence-electron chi connectivity index (χ1n) is 7.58. The molecule has 0 fully saturated rings. The Labute approximate surface area is 161 Å². The van der Waals surface area contributed by atoms with Crippen molar-refractivity contribution in [3.63, 3.8) is 0 Å². The van der Waals surface area contributed by atoms with Crippen molar-refractivity contribution in [3.05, 3.63) is 75.3 Å². The minimum absolute atomic E-state index is 0.0366. The molecule has 1 aliphatic carbocycles. The average Bonchev–Trinajstić information content (AvgIpc) is 2.64. The topological polar surface area (TPSA) is 72.5 Å². The van der Waals surface area contributed by atoms with Crippen molar-refractivity contribution in [2.24, 2.45) is 0 Å². The number of fused-ring (bicyclic) bond motifs is 1. The standard InChI is InChI=1S/C18H15Cl2NO4S/c1-11-7-9-12(10-8-11)26(23,24)21-18(25-2)14-6-4-3-5-13(14)16(22)15(19)17(18)20/h3-10,21H,1-2H3/t18-/m0/s1. The molecule has 0 radical (unpaired) electrons. The van der Waals surface area contributed by atoms with Crippen LogP contribution < -0.4 is 4.72 Å². The third-order valence-corrected chi connectivity index (χ3v) is 6.53. The molecule has 1 atom stereocenters. The lowest BCUT2D eigenvalue weighted by atomic mass is 9.89. The molecule has 0 unspecified atom stereocenters. The summed E-state index contributed by atoms with van der Waals surface area (Å²) in [5.41, 5.74) is -0.389. The van der Waals surface area contributed by atoms with Gasteiger partial charge in [-0.15, -0.1) is 0 Å². The van der Waals surface area contributed by atoms with Crippen molar-refractivity contribution in [2.75, 3.05) is 7.11 Å². The molecule has 26 heavy (non-hydrogen) atoms. The average molecular weight is 412 g/mol. The quantitative estimate of drug-likeness (QED) is 0.779. The normalized spacial score (nSPS) is 20.2. The van der Waals surface area contributed by atoms with Crippen LogP contribution >= 0.6 is 23.2 Å². The van der Waals surface area contributed by atoms with Gasteiger partial charge < -0.3 is 4.74 Å². The highest BCUT2D eigenvalue weighted by Gasteiger charge is 2.48. The lowest BCUT2D eigenvalue weighted by Gasteiger charge is -2.37. The maximum atomic E-state index is 12.9. The third kappa shape index (κ3) is 2.98. The van der Waals surface area contributed by atoms with Gasteiger partial charge in [0.15, 0.2) is 5.72 Å². The summed E-state index contributed by atoms with van der Waals surface area (Å²) in [5.74, 6) is -0.491. The van der Waals surface area contributed by atoms with Gasteiger partial charge in [-0.1, -0.05) is 65.2 Å². The number of hydrogen-bond acceptors (Lipinski definition) is 4. The fourth-order valence-corrected chi connectivity index (χ4v) is 4.67. The van der Waals surface area contributed by atoms with Crippen molar-refractivity contribution in [3.8, 4) is 0 Å². The zero-order chi connectivity index (χ0) is 19.1. The van der Waals surface area contributed by atoms with Crippen LogP contribution in [0.3, 0.4) is 0 Å². The first-order chi connectivity index (χ1) is 12.2. The van der Waals surface area contributed by atoms with E-state index in [4.69, 9.17) is 27.9 Å². The molecule has 0 bridgehead atoms. The summed E-state index contributed by atoms with van der Waals surface area (Å²) in [4.78, 5) is 12.4. The second-order valence-corrected chi connectivity index (χ2v) is 8.24. The maximum Gasteiger partial charge on any atom is 0.243 e. The molecule has 0 aliphatic heterocycles. The van der Waals surface area contributed by atoms with Crippen molar-refractivity contribution < 1.29 is 17.9 Å². The third-order valence-electron chi connectivity index (χ3n) is 4.17. The summed E-state index contributed by atoms with van der Waals surface area (Å²) in [6, 6.07) is 12.7. The highest BCUT2D eigenvalue weighted by molar-refractivity contribution is 7.89. The highest BCUT2D eigenvalue weighted by Crippen LogP contribution is 2.44. The lowest BCUT2D eigenvalue weighted by Crippen LogP contribution is -2.50. The molecule has 0 amide bonds. The minimum Gasteiger partial charge on any atom is -0.353 e. The molecule has 2 aromatic carbocycles. The van der Waals surface area contributed by atoms with Crippen LogP contribution in [0.4, 0.5) is 0 Å². The summed E-state index contributed by atoms with van der Waals surface area (Å²) >= 11 is 12.4. The Morgan fingerprint density at radius 3 is 2.27 bits per heavy atom. The Morgan fingerprint density at radius 1 is 1.04 bits per heavy atom. The van der Waals surface area contributed by atoms with Crippen LogP contribution in [-0.4, -0.2) is 21.3 Å². The molecule has 0 aromatic heterocycles. The fraction of sp³-hybridized carbons (Fsp3) is 0.167. The predicted molar refractivity (Wildman–Crippen MR) is 99.7 cm³/mol. The van der Waals surface area contributed by atoms with Crippen LogP contribution in [0, 0.1) is 6.92 Å². The lowest BCUT2D eigenvalue weighted by molar-refractivity contribution is 0.0122. The second-order valence-electron chi connectivity index (χ2n) is 5.81. The van der Waals surface area contributed by atoms with E-state index in [1.165, 1.54) is 25.3 Å². The Kier molecular flexibility index (Phi) is 4.98. The number of ketones is 1. The van der Waals surface area contributed by atoms with Crippen molar-refractivity contribution in [1.29, 1.82) is 0 Å². The number of ether oxygens (including phenoxy) is 1. The molecule has 2 aromatic rings. The number of nitrogens with one attached hydrogen (secondary N) is 1. The van der Waals surface area contributed by atoms with Crippen LogP contribution in [0.1, 0.15) is 21.5 Å². The van der Waals surface area contributed by atoms with Gasteiger partial charge in [0.2, 0.25) is 15.8 Å². The monoisotopic (exact) mass is 411 g/mol. The van der Waals surface area contributed by atoms with Gasteiger partial charge in [0.1, 0.15) is 5.03 Å². The van der Waals surface area contributed by atoms with Crippen molar-refractivity contribution in [1.82, 2.24) is 4.72 Å². The number of sulfonamides is 1. The van der Waals surface area contributed by atoms with Crippen LogP contribution in [0.15, 0.2) is 63.5 Å². The number of carbonyl (C=O) groups excluding carboxylic acids is 1. The summed E-state index contributed by atoms with van der Waals surface area (Å²) in [6.07, 6.45) is 0. The number of Topliss-reactive ketones (excluding diaryl/α,β-unsaturated/α-hetero) is 1. The summed E-state index contributed by atoms with van der Waals surface area (Å²) in [7, 11) is -2.74. The number of aryl methyl sites for hydroxylation is 1. The molecular weight excluding hydrogens is 397 g/mol. The van der Waals surface area contributed by atoms with E-state index < -0.39 is 21.5 Å². The largest absolute Gasteiger partial charge is 0.353 e. The predicted octanol–water partition coefficient (Wildman–Crippen LogP) is 3.66. The SMILES string of the molecule is CO[C@]1(NS(=O)(=O)c2ccc(C)cc2)C(Cl)=C(Cl)C(=O)c2ccccc21. The molecule has 136 valence electrons. The van der Waals surface area contributed by atoms with E-state index in [2.05, 4.69) is 4.72 Å². The number of hydrogen-bond donors (Lipinski definition) is 1. The van der Waals surface area contributed by atoms with E-state index in [0.717, 1.165) is 5.56 Å². The van der Waals surface area contributed by atoms with Gasteiger partial charge in [0, 0.05) is 18.2 Å². The van der Waals surface area contributed by atoms with Gasteiger partial charge >= 0.3 is 0 Å². The molecular formula is C18H15Cl2NO4S. The Bertz CT molecular complexity index is 1020. The van der Waals surface area contributed by atoms with Gasteiger partial charge in [0.25, 0.3) is 0 Å². The van der Waals surface area contributed by atoms with E-state index >= 15 is 0 Å². The molecule has 8 heteroatoms. The van der Waals surface area contributed by atoms with Crippen LogP contribution in [0.5, 0.6) is 0 Å². The maximum absolute atomic E-state index is 12.9. The number of benzene rings is 2. The van der Waals surface area contributed by atoms with E-state index in [1.54, 1.807) is 30.3 Å². The summed E-state index contributed by atoms with van der Waals surface area (Å²) in [5, 5.41) is -0.528. The van der Waals surface area contributed by atoms with E-state index in [9.17, 15) is 13.2 Å². The van der Waals surface area contributed by atoms with Gasteiger partial charge in [0.05, 0.1) is 9.93 Å². The van der Waals surface area contributed by atoms with Crippen LogP contribution in [0.2, 0.25) is 0 Å². The summed E-state index contributed by atoms with van der Waals surface area (Å²) < 4.78 is 33.8. The molecule has 0 saturated carbocycles. The van der Waals surface area contributed by atoms with Crippen molar-refractivity contribution in [2.45, 2.75) is 17.5 Å². The number of rotatable bonds is 4. The Morgan fingerprint density at radius 2 is 1.65 bits per heavy atom. The van der Waals surface area contributed by atoms with Crippen LogP contribution in [-0.2, 0) is 20.5 Å². The summed E-state index contributed by atoms with van der Waals surface area (Å²) in [6.45, 7) is 1.85. The molecule has 0 spiro atoms. The number of allylic oxidation sites excluding steroid dienone is 1. The fourth-order valence-electron chi connectivity index (χ4n) is 2.79. The zero-order valence-electron chi connectivity index (χ0n) is 13.9. The first kappa shape index (κ1) is 19.1. The molecule has 3 rings (SSSR count). The molecule has 1 aliphatic rings. The van der Waals surface area contributed by atoms with Gasteiger partial charge in [-0.3, -0.25) is 4.79 Å². The number of carbonyl (C=O) groups is 1. The van der Waals surface area contributed by atoms with E-state index in [0.29, 0.717) is 0 Å². The highest BCUT2D eigenvalue weighted by atomic mass is 35.5. The van der Waals surface area contributed by atoms with Gasteiger partial charge in [-0.05, 0) is 19.1 Å².